The Bertz CT molecular complexity index is 1010. The van der Waals surface area contributed by atoms with Crippen LogP contribution in [0.15, 0.2) is 69.9 Å². The van der Waals surface area contributed by atoms with Gasteiger partial charge in [0.05, 0.1) is 0 Å². The fourth-order valence-corrected chi connectivity index (χ4v) is 2.56. The molecule has 2 aromatic carbocycles. The first-order valence-corrected chi connectivity index (χ1v) is 8.61. The zero-order valence-corrected chi connectivity index (χ0v) is 15.4. The summed E-state index contributed by atoms with van der Waals surface area (Å²) in [5, 5.41) is 4.00. The van der Waals surface area contributed by atoms with Crippen molar-refractivity contribution in [2.75, 3.05) is 11.9 Å². The molecule has 28 heavy (non-hydrogen) atoms. The molecule has 0 unspecified atom stereocenters. The summed E-state index contributed by atoms with van der Waals surface area (Å²) >= 11 is 0. The molecular formula is C20H19N3O5. The summed E-state index contributed by atoms with van der Waals surface area (Å²) in [4.78, 5) is 37.9. The maximum Gasteiger partial charge on any atom is 0.437 e. The average Bonchev–Trinajstić information content (AvgIpc) is 3.08. The van der Waals surface area contributed by atoms with Crippen LogP contribution in [-0.4, -0.2) is 34.8 Å². The molecule has 0 saturated carbocycles. The number of hydrogen-bond acceptors (Lipinski definition) is 6. The number of para-hydroxylation sites is 1. The standard InChI is InChI=1S/C20H19N3O5/c1-14(19(25)22(2)16-11-7-4-8-12-16)27-17(24)13-23-20(26)28-18(21-23)15-9-5-3-6-10-15/h3-12,14H,13H2,1-2H3/t14-/m0/s1. The van der Waals surface area contributed by atoms with Gasteiger partial charge in [-0.25, -0.2) is 4.79 Å². The van der Waals surface area contributed by atoms with E-state index < -0.39 is 30.3 Å². The van der Waals surface area contributed by atoms with Crippen molar-refractivity contribution in [1.82, 2.24) is 9.78 Å². The molecule has 1 amide bonds. The van der Waals surface area contributed by atoms with E-state index in [0.29, 0.717) is 11.3 Å². The Balaban J connectivity index is 1.63. The topological polar surface area (TPSA) is 94.6 Å². The second-order valence-corrected chi connectivity index (χ2v) is 6.06. The lowest BCUT2D eigenvalue weighted by Gasteiger charge is -2.21. The summed E-state index contributed by atoms with van der Waals surface area (Å²) in [6.07, 6.45) is -1.02. The minimum atomic E-state index is -1.02. The quantitative estimate of drug-likeness (QED) is 0.607. The number of amides is 1. The number of nitrogens with zero attached hydrogens (tertiary/aromatic N) is 3. The highest BCUT2D eigenvalue weighted by atomic mass is 16.5. The van der Waals surface area contributed by atoms with Gasteiger partial charge in [0.1, 0.15) is 6.54 Å². The van der Waals surface area contributed by atoms with Crippen molar-refractivity contribution >= 4 is 17.6 Å². The van der Waals surface area contributed by atoms with Crippen molar-refractivity contribution in [2.45, 2.75) is 19.6 Å². The Morgan fingerprint density at radius 1 is 1.11 bits per heavy atom. The van der Waals surface area contributed by atoms with Gasteiger partial charge in [-0.3, -0.25) is 9.59 Å². The van der Waals surface area contributed by atoms with Gasteiger partial charge in [0.25, 0.3) is 5.91 Å². The average molecular weight is 381 g/mol. The van der Waals surface area contributed by atoms with Gasteiger partial charge in [0.2, 0.25) is 5.89 Å². The van der Waals surface area contributed by atoms with Crippen LogP contribution in [0.3, 0.4) is 0 Å². The summed E-state index contributed by atoms with van der Waals surface area (Å²) < 4.78 is 11.1. The van der Waals surface area contributed by atoms with E-state index in [1.165, 1.54) is 11.8 Å². The van der Waals surface area contributed by atoms with Crippen LogP contribution in [-0.2, 0) is 20.9 Å². The summed E-state index contributed by atoms with van der Waals surface area (Å²) in [5.41, 5.74) is 1.29. The second kappa shape index (κ2) is 8.34. The largest absolute Gasteiger partial charge is 0.451 e. The van der Waals surface area contributed by atoms with Crippen LogP contribution < -0.4 is 10.7 Å². The molecule has 0 N–H and O–H groups in total. The van der Waals surface area contributed by atoms with Crippen molar-refractivity contribution in [3.05, 3.63) is 71.2 Å². The Hall–Kier alpha value is -3.68. The van der Waals surface area contributed by atoms with E-state index in [1.54, 1.807) is 55.6 Å². The Morgan fingerprint density at radius 2 is 1.71 bits per heavy atom. The summed E-state index contributed by atoms with van der Waals surface area (Å²) in [6.45, 7) is 1.02. The summed E-state index contributed by atoms with van der Waals surface area (Å²) in [7, 11) is 1.59. The third-order valence-electron chi connectivity index (χ3n) is 4.04. The number of hydrogen-bond donors (Lipinski definition) is 0. The van der Waals surface area contributed by atoms with Crippen LogP contribution in [0.25, 0.3) is 11.5 Å². The number of esters is 1. The van der Waals surface area contributed by atoms with E-state index in [9.17, 15) is 14.4 Å². The lowest BCUT2D eigenvalue weighted by molar-refractivity contribution is -0.154. The highest BCUT2D eigenvalue weighted by Crippen LogP contribution is 2.15. The van der Waals surface area contributed by atoms with E-state index in [1.807, 2.05) is 12.1 Å². The highest BCUT2D eigenvalue weighted by molar-refractivity contribution is 5.96. The fourth-order valence-electron chi connectivity index (χ4n) is 2.56. The zero-order chi connectivity index (χ0) is 20.1. The lowest BCUT2D eigenvalue weighted by Crippen LogP contribution is -2.38. The monoisotopic (exact) mass is 381 g/mol. The Labute approximate surface area is 161 Å². The SMILES string of the molecule is C[C@H](OC(=O)Cn1nc(-c2ccccc2)oc1=O)C(=O)N(C)c1ccccc1. The van der Waals surface area contributed by atoms with Gasteiger partial charge < -0.3 is 14.1 Å². The number of rotatable bonds is 6. The third-order valence-corrected chi connectivity index (χ3v) is 4.04. The minimum Gasteiger partial charge on any atom is -0.451 e. The predicted octanol–water partition coefficient (Wildman–Crippen LogP) is 2.10. The van der Waals surface area contributed by atoms with E-state index in [0.717, 1.165) is 4.68 Å². The Morgan fingerprint density at radius 3 is 2.36 bits per heavy atom. The van der Waals surface area contributed by atoms with Crippen molar-refractivity contribution in [3.63, 3.8) is 0 Å². The second-order valence-electron chi connectivity index (χ2n) is 6.06. The molecule has 1 heterocycles. The van der Waals surface area contributed by atoms with Crippen molar-refractivity contribution in [3.8, 4) is 11.5 Å². The van der Waals surface area contributed by atoms with Crippen molar-refractivity contribution < 1.29 is 18.7 Å². The number of anilines is 1. The zero-order valence-electron chi connectivity index (χ0n) is 15.4. The van der Waals surface area contributed by atoms with Crippen LogP contribution in [0.1, 0.15) is 6.92 Å². The highest BCUT2D eigenvalue weighted by Gasteiger charge is 2.23. The van der Waals surface area contributed by atoms with Crippen LogP contribution in [0.2, 0.25) is 0 Å². The predicted molar refractivity (Wildman–Crippen MR) is 102 cm³/mol. The van der Waals surface area contributed by atoms with Gasteiger partial charge in [-0.1, -0.05) is 36.4 Å². The smallest absolute Gasteiger partial charge is 0.437 e. The molecule has 3 aromatic rings. The number of carbonyl (C=O) groups excluding carboxylic acids is 2. The van der Waals surface area contributed by atoms with Crippen LogP contribution in [0.5, 0.6) is 0 Å². The van der Waals surface area contributed by atoms with Crippen molar-refractivity contribution in [1.29, 1.82) is 0 Å². The van der Waals surface area contributed by atoms with Crippen LogP contribution >= 0.6 is 0 Å². The first-order valence-electron chi connectivity index (χ1n) is 8.61. The van der Waals surface area contributed by atoms with Gasteiger partial charge >= 0.3 is 11.7 Å². The van der Waals surface area contributed by atoms with Gasteiger partial charge in [-0.2, -0.15) is 4.68 Å². The molecule has 1 aromatic heterocycles. The Kier molecular flexibility index (Phi) is 5.69. The maximum atomic E-state index is 12.4. The number of aromatic nitrogens is 2. The summed E-state index contributed by atoms with van der Waals surface area (Å²) in [6, 6.07) is 17.8. The molecule has 8 nitrogen and oxygen atoms in total. The van der Waals surface area contributed by atoms with E-state index in [4.69, 9.17) is 9.15 Å². The molecule has 0 aliphatic rings. The number of ether oxygens (including phenoxy) is 1. The first kappa shape index (κ1) is 19.1. The maximum absolute atomic E-state index is 12.4. The molecule has 1 atom stereocenters. The summed E-state index contributed by atoms with van der Waals surface area (Å²) in [5.74, 6) is -1.84. The van der Waals surface area contributed by atoms with E-state index in [2.05, 4.69) is 5.10 Å². The van der Waals surface area contributed by atoms with Gasteiger partial charge in [0.15, 0.2) is 6.10 Å². The van der Waals surface area contributed by atoms with Crippen molar-refractivity contribution in [2.24, 2.45) is 0 Å². The third kappa shape index (κ3) is 4.35. The molecule has 0 aliphatic carbocycles. The molecule has 8 heteroatoms. The lowest BCUT2D eigenvalue weighted by atomic mass is 10.2. The number of likely N-dealkylation sites (N-methyl/N-ethyl adjacent to an activating group) is 1. The molecule has 0 aliphatic heterocycles. The van der Waals surface area contributed by atoms with Crippen LogP contribution in [0.4, 0.5) is 5.69 Å². The van der Waals surface area contributed by atoms with E-state index in [-0.39, 0.29) is 5.89 Å². The van der Waals surface area contributed by atoms with Gasteiger partial charge in [0, 0.05) is 18.3 Å². The normalized spacial score (nSPS) is 11.6. The molecule has 0 saturated heterocycles. The molecule has 0 bridgehead atoms. The fraction of sp³-hybridized carbons (Fsp3) is 0.200. The number of benzene rings is 2. The molecule has 0 fully saturated rings. The molecule has 144 valence electrons. The van der Waals surface area contributed by atoms with E-state index >= 15 is 0 Å². The molecule has 3 rings (SSSR count). The molecule has 0 spiro atoms. The van der Waals surface area contributed by atoms with Crippen LogP contribution in [0, 0.1) is 0 Å². The number of carbonyl (C=O) groups is 2. The minimum absolute atomic E-state index is 0.103. The van der Waals surface area contributed by atoms with Gasteiger partial charge in [-0.05, 0) is 31.2 Å². The molecular weight excluding hydrogens is 362 g/mol. The van der Waals surface area contributed by atoms with Gasteiger partial charge in [-0.15, -0.1) is 5.10 Å². The molecule has 0 radical (unpaired) electrons. The first-order chi connectivity index (χ1) is 13.5.